The summed E-state index contributed by atoms with van der Waals surface area (Å²) < 4.78 is 4.14. The van der Waals surface area contributed by atoms with Gasteiger partial charge in [0.15, 0.2) is 0 Å². The molecule has 20 heavy (non-hydrogen) atoms. The van der Waals surface area contributed by atoms with Crippen molar-refractivity contribution in [3.05, 3.63) is 36.5 Å². The average molecular weight is 266 g/mol. The lowest BCUT2D eigenvalue weighted by Gasteiger charge is -1.98. The molecular formula is C16H18N4. The summed E-state index contributed by atoms with van der Waals surface area (Å²) in [6.07, 6.45) is 4.71. The highest BCUT2D eigenvalue weighted by Crippen LogP contribution is 2.32. The van der Waals surface area contributed by atoms with Crippen molar-refractivity contribution in [2.24, 2.45) is 14.1 Å². The highest BCUT2D eigenvalue weighted by molar-refractivity contribution is 5.95. The molecule has 0 unspecified atom stereocenters. The third-order valence-corrected chi connectivity index (χ3v) is 3.98. The fourth-order valence-corrected chi connectivity index (χ4v) is 2.77. The van der Waals surface area contributed by atoms with Gasteiger partial charge >= 0.3 is 0 Å². The Labute approximate surface area is 118 Å². The van der Waals surface area contributed by atoms with Crippen molar-refractivity contribution >= 4 is 16.7 Å². The van der Waals surface area contributed by atoms with E-state index in [2.05, 4.69) is 58.6 Å². The summed E-state index contributed by atoms with van der Waals surface area (Å²) in [6.45, 7) is 0. The van der Waals surface area contributed by atoms with Crippen LogP contribution in [0, 0.1) is 0 Å². The molecule has 102 valence electrons. The van der Waals surface area contributed by atoms with Crippen LogP contribution < -0.4 is 5.32 Å². The van der Waals surface area contributed by atoms with E-state index < -0.39 is 0 Å². The van der Waals surface area contributed by atoms with Gasteiger partial charge in [-0.1, -0.05) is 18.2 Å². The van der Waals surface area contributed by atoms with E-state index in [1.54, 1.807) is 0 Å². The molecule has 0 spiro atoms. The molecule has 1 aliphatic carbocycles. The maximum atomic E-state index is 4.58. The van der Waals surface area contributed by atoms with Gasteiger partial charge in [0.05, 0.1) is 5.69 Å². The Balaban J connectivity index is 1.83. The highest BCUT2D eigenvalue weighted by Gasteiger charge is 2.22. The number of nitrogens with zero attached hydrogens (tertiary/aromatic N) is 3. The van der Waals surface area contributed by atoms with Crippen LogP contribution in [0.1, 0.15) is 12.8 Å². The van der Waals surface area contributed by atoms with Crippen molar-refractivity contribution in [2.45, 2.75) is 18.9 Å². The molecule has 0 saturated heterocycles. The second kappa shape index (κ2) is 4.13. The van der Waals surface area contributed by atoms with E-state index in [4.69, 9.17) is 0 Å². The molecule has 1 fully saturated rings. The van der Waals surface area contributed by atoms with Gasteiger partial charge in [-0.2, -0.15) is 5.10 Å². The molecule has 0 radical (unpaired) electrons. The van der Waals surface area contributed by atoms with Crippen LogP contribution in [-0.2, 0) is 14.1 Å². The summed E-state index contributed by atoms with van der Waals surface area (Å²) >= 11 is 0. The second-order valence-corrected chi connectivity index (χ2v) is 5.63. The number of rotatable bonds is 3. The standard InChI is InChI=1S/C16H18N4/c1-19-10-13(12-5-3-4-6-14(12)19)15-9-16(18-20(15)2)17-11-7-8-11/h3-6,9-11H,7-8H2,1-2H3,(H,17,18). The van der Waals surface area contributed by atoms with E-state index in [1.807, 2.05) is 11.7 Å². The predicted octanol–water partition coefficient (Wildman–Crippen LogP) is 3.15. The summed E-state index contributed by atoms with van der Waals surface area (Å²) in [5.74, 6) is 0.984. The quantitative estimate of drug-likeness (QED) is 0.790. The Morgan fingerprint density at radius 1 is 1.20 bits per heavy atom. The predicted molar refractivity (Wildman–Crippen MR) is 81.8 cm³/mol. The van der Waals surface area contributed by atoms with Crippen LogP contribution in [0.5, 0.6) is 0 Å². The van der Waals surface area contributed by atoms with E-state index in [9.17, 15) is 0 Å². The van der Waals surface area contributed by atoms with Gasteiger partial charge in [-0.3, -0.25) is 4.68 Å². The fourth-order valence-electron chi connectivity index (χ4n) is 2.77. The van der Waals surface area contributed by atoms with Crippen LogP contribution in [0.4, 0.5) is 5.82 Å². The van der Waals surface area contributed by atoms with E-state index in [-0.39, 0.29) is 0 Å². The lowest BCUT2D eigenvalue weighted by atomic mass is 10.1. The summed E-state index contributed by atoms with van der Waals surface area (Å²) in [7, 11) is 4.10. The monoisotopic (exact) mass is 266 g/mol. The summed E-state index contributed by atoms with van der Waals surface area (Å²) in [4.78, 5) is 0. The molecule has 3 aromatic rings. The molecule has 0 bridgehead atoms. The van der Waals surface area contributed by atoms with Crippen molar-refractivity contribution in [1.29, 1.82) is 0 Å². The third-order valence-electron chi connectivity index (χ3n) is 3.98. The maximum absolute atomic E-state index is 4.58. The fraction of sp³-hybridized carbons (Fsp3) is 0.312. The molecule has 1 saturated carbocycles. The van der Waals surface area contributed by atoms with Crippen molar-refractivity contribution in [3.63, 3.8) is 0 Å². The lowest BCUT2D eigenvalue weighted by Crippen LogP contribution is -2.01. The first kappa shape index (κ1) is 11.6. The van der Waals surface area contributed by atoms with E-state index in [0.29, 0.717) is 6.04 Å². The average Bonchev–Trinajstić information content (AvgIpc) is 3.09. The summed E-state index contributed by atoms with van der Waals surface area (Å²) in [6, 6.07) is 11.3. The molecule has 4 nitrogen and oxygen atoms in total. The molecule has 1 aliphatic rings. The number of hydrogen-bond acceptors (Lipinski definition) is 2. The molecule has 2 aromatic heterocycles. The van der Waals surface area contributed by atoms with E-state index in [0.717, 1.165) is 11.5 Å². The van der Waals surface area contributed by atoms with E-state index >= 15 is 0 Å². The smallest absolute Gasteiger partial charge is 0.148 e. The zero-order valence-corrected chi connectivity index (χ0v) is 11.8. The zero-order valence-electron chi connectivity index (χ0n) is 11.8. The van der Waals surface area contributed by atoms with Gasteiger partial charge in [0.1, 0.15) is 5.82 Å². The van der Waals surface area contributed by atoms with Crippen molar-refractivity contribution in [1.82, 2.24) is 14.3 Å². The van der Waals surface area contributed by atoms with Crippen LogP contribution in [0.2, 0.25) is 0 Å². The minimum atomic E-state index is 0.630. The van der Waals surface area contributed by atoms with Gasteiger partial charge in [-0.15, -0.1) is 0 Å². The molecule has 2 heterocycles. The highest BCUT2D eigenvalue weighted by atomic mass is 15.3. The first-order valence-corrected chi connectivity index (χ1v) is 7.07. The minimum Gasteiger partial charge on any atom is -0.366 e. The van der Waals surface area contributed by atoms with Crippen LogP contribution in [0.3, 0.4) is 0 Å². The van der Waals surface area contributed by atoms with Crippen LogP contribution >= 0.6 is 0 Å². The normalized spacial score (nSPS) is 14.9. The van der Waals surface area contributed by atoms with Gasteiger partial charge < -0.3 is 9.88 Å². The number of benzene rings is 1. The third kappa shape index (κ3) is 1.80. The van der Waals surface area contributed by atoms with Crippen LogP contribution in [-0.4, -0.2) is 20.4 Å². The molecule has 1 aromatic carbocycles. The number of para-hydroxylation sites is 1. The summed E-state index contributed by atoms with van der Waals surface area (Å²) in [5.41, 5.74) is 3.65. The second-order valence-electron chi connectivity index (χ2n) is 5.63. The molecular weight excluding hydrogens is 248 g/mol. The molecule has 0 aliphatic heterocycles. The zero-order chi connectivity index (χ0) is 13.7. The Hall–Kier alpha value is -2.23. The van der Waals surface area contributed by atoms with Crippen molar-refractivity contribution in [2.75, 3.05) is 5.32 Å². The largest absolute Gasteiger partial charge is 0.366 e. The van der Waals surface area contributed by atoms with Crippen molar-refractivity contribution < 1.29 is 0 Å². The van der Waals surface area contributed by atoms with Gasteiger partial charge in [-0.05, 0) is 18.9 Å². The SMILES string of the molecule is Cn1nc(NC2CC2)cc1-c1cn(C)c2ccccc12. The van der Waals surface area contributed by atoms with Crippen molar-refractivity contribution in [3.8, 4) is 11.3 Å². The number of anilines is 1. The van der Waals surface area contributed by atoms with Gasteiger partial charge in [0, 0.05) is 48.9 Å². The number of fused-ring (bicyclic) bond motifs is 1. The lowest BCUT2D eigenvalue weighted by molar-refractivity contribution is 0.776. The molecule has 4 heteroatoms. The Morgan fingerprint density at radius 3 is 2.80 bits per heavy atom. The first-order chi connectivity index (χ1) is 9.72. The Kier molecular flexibility index (Phi) is 2.39. The number of hydrogen-bond donors (Lipinski definition) is 1. The molecule has 1 N–H and O–H groups in total. The van der Waals surface area contributed by atoms with E-state index in [1.165, 1.54) is 29.3 Å². The van der Waals surface area contributed by atoms with Crippen LogP contribution in [0.15, 0.2) is 36.5 Å². The van der Waals surface area contributed by atoms with Gasteiger partial charge in [0.25, 0.3) is 0 Å². The molecule has 4 rings (SSSR count). The van der Waals surface area contributed by atoms with Crippen LogP contribution in [0.25, 0.3) is 22.2 Å². The van der Waals surface area contributed by atoms with Gasteiger partial charge in [0.2, 0.25) is 0 Å². The maximum Gasteiger partial charge on any atom is 0.148 e. The topological polar surface area (TPSA) is 34.8 Å². The number of aromatic nitrogens is 3. The number of aryl methyl sites for hydroxylation is 2. The summed E-state index contributed by atoms with van der Waals surface area (Å²) in [5, 5.41) is 9.32. The van der Waals surface area contributed by atoms with Gasteiger partial charge in [-0.25, -0.2) is 0 Å². The first-order valence-electron chi connectivity index (χ1n) is 7.07. The number of nitrogens with one attached hydrogen (secondary N) is 1. The minimum absolute atomic E-state index is 0.630. The molecule has 0 atom stereocenters. The molecule has 0 amide bonds. The Bertz CT molecular complexity index is 777. The Morgan fingerprint density at radius 2 is 2.00 bits per heavy atom.